The quantitative estimate of drug-likeness (QED) is 0.840. The van der Waals surface area contributed by atoms with Gasteiger partial charge in [0.05, 0.1) is 0 Å². The van der Waals surface area contributed by atoms with Crippen molar-refractivity contribution in [1.82, 2.24) is 5.32 Å². The number of hydrogen-bond acceptors (Lipinski definition) is 3. The molecular weight excluding hydrogens is 318 g/mol. The van der Waals surface area contributed by atoms with Crippen molar-refractivity contribution < 1.29 is 19.4 Å². The first-order chi connectivity index (χ1) is 12.1. The van der Waals surface area contributed by atoms with E-state index in [9.17, 15) is 9.59 Å². The van der Waals surface area contributed by atoms with E-state index >= 15 is 0 Å². The van der Waals surface area contributed by atoms with Crippen molar-refractivity contribution in [2.45, 2.75) is 31.7 Å². The Balaban J connectivity index is 1.71. The maximum atomic E-state index is 12.0. The average molecular weight is 339 g/mol. The summed E-state index contributed by atoms with van der Waals surface area (Å²) in [5.74, 6) is -1.08. The van der Waals surface area contributed by atoms with E-state index in [2.05, 4.69) is 17.4 Å². The molecule has 130 valence electrons. The molecule has 1 aliphatic rings. The minimum Gasteiger partial charge on any atom is -0.480 e. The van der Waals surface area contributed by atoms with Crippen LogP contribution in [0.5, 0.6) is 0 Å². The van der Waals surface area contributed by atoms with Crippen molar-refractivity contribution >= 4 is 12.1 Å². The van der Waals surface area contributed by atoms with Crippen molar-refractivity contribution in [3.8, 4) is 11.1 Å². The van der Waals surface area contributed by atoms with E-state index in [-0.39, 0.29) is 12.5 Å². The van der Waals surface area contributed by atoms with Crippen molar-refractivity contribution in [3.05, 3.63) is 59.7 Å². The molecule has 0 unspecified atom stereocenters. The Hall–Kier alpha value is -2.82. The number of carbonyl (C=O) groups excluding carboxylic acids is 1. The maximum absolute atomic E-state index is 12.0. The van der Waals surface area contributed by atoms with E-state index in [1.807, 2.05) is 43.3 Å². The van der Waals surface area contributed by atoms with Gasteiger partial charge in [0.25, 0.3) is 0 Å². The van der Waals surface area contributed by atoms with Gasteiger partial charge >= 0.3 is 12.1 Å². The number of carbonyl (C=O) groups is 2. The molecule has 0 aromatic heterocycles. The number of hydrogen-bond donors (Lipinski definition) is 2. The van der Waals surface area contributed by atoms with E-state index in [1.165, 1.54) is 0 Å². The summed E-state index contributed by atoms with van der Waals surface area (Å²) in [6.07, 6.45) is 0.350. The van der Waals surface area contributed by atoms with Gasteiger partial charge in [-0.05, 0) is 28.7 Å². The molecule has 0 spiro atoms. The first kappa shape index (κ1) is 17.0. The summed E-state index contributed by atoms with van der Waals surface area (Å²) in [5, 5.41) is 11.6. The van der Waals surface area contributed by atoms with E-state index < -0.39 is 18.1 Å². The summed E-state index contributed by atoms with van der Waals surface area (Å²) in [6, 6.07) is 15.2. The summed E-state index contributed by atoms with van der Waals surface area (Å²) in [4.78, 5) is 23.2. The molecule has 3 rings (SSSR count). The Bertz CT molecular complexity index is 741. The highest BCUT2D eigenvalue weighted by atomic mass is 16.5. The second-order valence-electron chi connectivity index (χ2n) is 6.15. The zero-order valence-corrected chi connectivity index (χ0v) is 14.1. The van der Waals surface area contributed by atoms with Gasteiger partial charge in [-0.25, -0.2) is 9.59 Å². The Kier molecular flexibility index (Phi) is 5.03. The van der Waals surface area contributed by atoms with Crippen LogP contribution >= 0.6 is 0 Å². The zero-order valence-electron chi connectivity index (χ0n) is 14.1. The number of rotatable bonds is 6. The molecule has 0 aliphatic heterocycles. The Morgan fingerprint density at radius 3 is 2.16 bits per heavy atom. The van der Waals surface area contributed by atoms with Crippen LogP contribution in [0.3, 0.4) is 0 Å². The number of nitrogens with one attached hydrogen (secondary N) is 1. The third-order valence-corrected chi connectivity index (χ3v) is 4.51. The van der Waals surface area contributed by atoms with Crippen LogP contribution in [-0.2, 0) is 9.53 Å². The van der Waals surface area contributed by atoms with Crippen LogP contribution in [0.2, 0.25) is 0 Å². The highest BCUT2D eigenvalue weighted by Gasteiger charge is 2.29. The van der Waals surface area contributed by atoms with Gasteiger partial charge in [-0.1, -0.05) is 61.9 Å². The van der Waals surface area contributed by atoms with Crippen LogP contribution in [0.25, 0.3) is 11.1 Å². The predicted octanol–water partition coefficient (Wildman–Crippen LogP) is 3.78. The van der Waals surface area contributed by atoms with Gasteiger partial charge < -0.3 is 15.2 Å². The Morgan fingerprint density at radius 1 is 1.08 bits per heavy atom. The van der Waals surface area contributed by atoms with Crippen molar-refractivity contribution in [3.63, 3.8) is 0 Å². The average Bonchev–Trinajstić information content (AvgIpc) is 2.93. The second kappa shape index (κ2) is 7.38. The molecule has 1 amide bonds. The summed E-state index contributed by atoms with van der Waals surface area (Å²) < 4.78 is 5.35. The molecule has 2 aromatic rings. The third kappa shape index (κ3) is 3.50. The second-order valence-corrected chi connectivity index (χ2v) is 6.15. The normalized spacial score (nSPS) is 13.6. The first-order valence-electron chi connectivity index (χ1n) is 8.46. The van der Waals surface area contributed by atoms with Crippen LogP contribution in [0.4, 0.5) is 4.79 Å². The minimum atomic E-state index is -1.05. The zero-order chi connectivity index (χ0) is 17.8. The summed E-state index contributed by atoms with van der Waals surface area (Å²) in [6.45, 7) is 2.05. The largest absolute Gasteiger partial charge is 0.480 e. The molecule has 2 aromatic carbocycles. The Morgan fingerprint density at radius 2 is 1.64 bits per heavy atom. The molecule has 5 nitrogen and oxygen atoms in total. The number of carboxylic acid groups (broad SMARTS) is 1. The molecule has 1 atom stereocenters. The van der Waals surface area contributed by atoms with Crippen LogP contribution in [0.1, 0.15) is 36.8 Å². The lowest BCUT2D eigenvalue weighted by Crippen LogP contribution is -2.41. The van der Waals surface area contributed by atoms with Crippen LogP contribution in [-0.4, -0.2) is 29.8 Å². The lowest BCUT2D eigenvalue weighted by atomic mass is 9.98. The fourth-order valence-corrected chi connectivity index (χ4v) is 3.33. The number of alkyl carbamates (subject to hydrolysis) is 1. The highest BCUT2D eigenvalue weighted by molar-refractivity contribution is 5.81. The fraction of sp³-hybridized carbons (Fsp3) is 0.300. The molecule has 0 saturated carbocycles. The SMILES string of the molecule is CCC[C@@H](NC(=O)OCC1c2ccccc2-c2ccccc21)C(=O)O. The maximum Gasteiger partial charge on any atom is 0.407 e. The molecule has 0 fully saturated rings. The predicted molar refractivity (Wildman–Crippen MR) is 94.5 cm³/mol. The van der Waals surface area contributed by atoms with E-state index in [1.54, 1.807) is 0 Å². The summed E-state index contributed by atoms with van der Waals surface area (Å²) in [5.41, 5.74) is 4.56. The fourth-order valence-electron chi connectivity index (χ4n) is 3.33. The molecule has 0 bridgehead atoms. The van der Waals surface area contributed by atoms with E-state index in [0.29, 0.717) is 12.8 Å². The van der Waals surface area contributed by atoms with Crippen molar-refractivity contribution in [2.75, 3.05) is 6.61 Å². The molecule has 2 N–H and O–H groups in total. The number of aliphatic carboxylic acids is 1. The van der Waals surface area contributed by atoms with E-state index in [4.69, 9.17) is 9.84 Å². The smallest absolute Gasteiger partial charge is 0.407 e. The summed E-state index contributed by atoms with van der Waals surface area (Å²) in [7, 11) is 0. The van der Waals surface area contributed by atoms with Crippen molar-refractivity contribution in [1.29, 1.82) is 0 Å². The van der Waals surface area contributed by atoms with Crippen LogP contribution in [0, 0.1) is 0 Å². The van der Waals surface area contributed by atoms with E-state index in [0.717, 1.165) is 22.3 Å². The molecule has 0 radical (unpaired) electrons. The lowest BCUT2D eigenvalue weighted by molar-refractivity contribution is -0.139. The number of carboxylic acids is 1. The first-order valence-corrected chi connectivity index (χ1v) is 8.46. The molecule has 0 heterocycles. The minimum absolute atomic E-state index is 0.0346. The number of amides is 1. The molecular formula is C20H21NO4. The van der Waals surface area contributed by atoms with Gasteiger partial charge in [-0.15, -0.1) is 0 Å². The highest BCUT2D eigenvalue weighted by Crippen LogP contribution is 2.44. The number of benzene rings is 2. The van der Waals surface area contributed by atoms with Crippen molar-refractivity contribution in [2.24, 2.45) is 0 Å². The summed E-state index contributed by atoms with van der Waals surface area (Å²) >= 11 is 0. The van der Waals surface area contributed by atoms with Gasteiger partial charge in [0, 0.05) is 5.92 Å². The van der Waals surface area contributed by atoms with Gasteiger partial charge in [0.15, 0.2) is 0 Å². The number of fused-ring (bicyclic) bond motifs is 3. The van der Waals surface area contributed by atoms with Gasteiger partial charge in [-0.3, -0.25) is 0 Å². The molecule has 1 aliphatic carbocycles. The topological polar surface area (TPSA) is 75.6 Å². The van der Waals surface area contributed by atoms with Gasteiger partial charge in [0.1, 0.15) is 12.6 Å². The van der Waals surface area contributed by atoms with Gasteiger partial charge in [0.2, 0.25) is 0 Å². The monoisotopic (exact) mass is 339 g/mol. The molecule has 0 saturated heterocycles. The number of ether oxygens (including phenoxy) is 1. The molecule has 25 heavy (non-hydrogen) atoms. The lowest BCUT2D eigenvalue weighted by Gasteiger charge is -2.17. The van der Waals surface area contributed by atoms with Crippen LogP contribution < -0.4 is 5.32 Å². The van der Waals surface area contributed by atoms with Crippen LogP contribution in [0.15, 0.2) is 48.5 Å². The molecule has 5 heteroatoms. The van der Waals surface area contributed by atoms with Gasteiger partial charge in [-0.2, -0.15) is 0 Å². The standard InChI is InChI=1S/C20H21NO4/c1-2-7-18(19(22)23)21-20(24)25-12-17-15-10-5-3-8-13(15)14-9-4-6-11-16(14)17/h3-6,8-11,17-18H,2,7,12H2,1H3,(H,21,24)(H,22,23)/t18-/m1/s1. The Labute approximate surface area is 146 Å². The third-order valence-electron chi connectivity index (χ3n) is 4.51.